The van der Waals surface area contributed by atoms with Crippen molar-refractivity contribution in [1.82, 2.24) is 0 Å². The minimum atomic E-state index is -0.904. The lowest BCUT2D eigenvalue weighted by molar-refractivity contribution is -0.148. The second kappa shape index (κ2) is 9.97. The Hall–Kier alpha value is -3.00. The largest absolute Gasteiger partial charge is 0.461 e. The van der Waals surface area contributed by atoms with E-state index in [4.69, 9.17) is 19.3 Å². The molecule has 1 saturated heterocycles. The van der Waals surface area contributed by atoms with Crippen molar-refractivity contribution in [2.75, 3.05) is 13.2 Å². The molecule has 29 heavy (non-hydrogen) atoms. The lowest BCUT2D eigenvalue weighted by Gasteiger charge is -2.28. The van der Waals surface area contributed by atoms with Crippen LogP contribution in [0.4, 0.5) is 0 Å². The van der Waals surface area contributed by atoms with Gasteiger partial charge in [-0.15, -0.1) is 0 Å². The number of allylic oxidation sites excluding steroid dienone is 2. The Balaban J connectivity index is 2.43. The van der Waals surface area contributed by atoms with E-state index in [-0.39, 0.29) is 24.2 Å². The van der Waals surface area contributed by atoms with Crippen molar-refractivity contribution < 1.29 is 38.5 Å². The van der Waals surface area contributed by atoms with Crippen LogP contribution in [0.2, 0.25) is 0 Å². The summed E-state index contributed by atoms with van der Waals surface area (Å²) in [7, 11) is 0. The fraction of sp³-hybridized carbons (Fsp3) is 0.429. The number of hydrogen-bond donors (Lipinski definition) is 1. The molecule has 0 bridgehead atoms. The van der Waals surface area contributed by atoms with Crippen LogP contribution in [-0.2, 0) is 33.4 Å². The molecule has 0 spiro atoms. The Kier molecular flexibility index (Phi) is 7.67. The molecular weight excluding hydrogens is 380 g/mol. The molecule has 3 unspecified atom stereocenters. The van der Waals surface area contributed by atoms with Gasteiger partial charge in [0.15, 0.2) is 0 Å². The predicted octanol–water partition coefficient (Wildman–Crippen LogP) is 1.34. The van der Waals surface area contributed by atoms with Gasteiger partial charge in [0.05, 0.1) is 18.1 Å². The molecule has 1 N–H and O–H groups in total. The average molecular weight is 404 g/mol. The summed E-state index contributed by atoms with van der Waals surface area (Å²) >= 11 is 0. The van der Waals surface area contributed by atoms with Crippen molar-refractivity contribution in [3.05, 3.63) is 47.6 Å². The number of hydrogen-bond acceptors (Lipinski definition) is 8. The standard InChI is InChI=1S/C21H24O8/c1-12(9-22)20(25)28-18-8-16(11-27-14(3)24)6-4-5-15(10-23)7-17-19(18)13(2)21(26)29-17/h6-7,10,17-19,22H,1-2,4-5,8-9,11H2,3H3. The summed E-state index contributed by atoms with van der Waals surface area (Å²) < 4.78 is 15.9. The predicted molar refractivity (Wildman–Crippen MR) is 101 cm³/mol. The van der Waals surface area contributed by atoms with E-state index >= 15 is 0 Å². The molecular formula is C21H24O8. The van der Waals surface area contributed by atoms with Crippen molar-refractivity contribution >= 4 is 24.2 Å². The molecule has 0 radical (unpaired) electrons. The summed E-state index contributed by atoms with van der Waals surface area (Å²) in [5.74, 6) is -2.69. The summed E-state index contributed by atoms with van der Waals surface area (Å²) in [6.45, 7) is 7.88. The van der Waals surface area contributed by atoms with E-state index in [1.807, 2.05) is 6.08 Å². The Morgan fingerprint density at radius 3 is 2.76 bits per heavy atom. The molecule has 2 rings (SSSR count). The van der Waals surface area contributed by atoms with Crippen LogP contribution in [0, 0.1) is 5.92 Å². The Morgan fingerprint density at radius 2 is 2.14 bits per heavy atom. The van der Waals surface area contributed by atoms with Crippen LogP contribution in [-0.4, -0.2) is 54.7 Å². The number of aldehydes is 1. The lowest BCUT2D eigenvalue weighted by Crippen LogP contribution is -2.34. The Labute approximate surface area is 168 Å². The third-order valence-corrected chi connectivity index (χ3v) is 4.72. The van der Waals surface area contributed by atoms with E-state index < -0.39 is 42.6 Å². The summed E-state index contributed by atoms with van der Waals surface area (Å²) in [6.07, 6.45) is 3.34. The van der Waals surface area contributed by atoms with Crippen LogP contribution in [0.25, 0.3) is 0 Å². The first-order valence-electron chi connectivity index (χ1n) is 9.13. The number of esters is 3. The first-order chi connectivity index (χ1) is 13.8. The number of carbonyl (C=O) groups excluding carboxylic acids is 4. The zero-order valence-corrected chi connectivity index (χ0v) is 16.2. The van der Waals surface area contributed by atoms with Crippen LogP contribution in [0.15, 0.2) is 47.6 Å². The first-order valence-corrected chi connectivity index (χ1v) is 9.13. The minimum Gasteiger partial charge on any atom is -0.461 e. The fourth-order valence-electron chi connectivity index (χ4n) is 3.20. The quantitative estimate of drug-likeness (QED) is 0.232. The molecule has 0 amide bonds. The minimum absolute atomic E-state index is 0.0247. The maximum atomic E-state index is 12.3. The van der Waals surface area contributed by atoms with Gasteiger partial charge in [-0.2, -0.15) is 0 Å². The second-order valence-electron chi connectivity index (χ2n) is 6.87. The summed E-state index contributed by atoms with van der Waals surface area (Å²) in [4.78, 5) is 47.0. The number of carbonyl (C=O) groups is 4. The van der Waals surface area contributed by atoms with Crippen molar-refractivity contribution in [3.63, 3.8) is 0 Å². The molecule has 156 valence electrons. The SMILES string of the molecule is C=C(CO)C(=O)OC1CC(COC(C)=O)=CCCC(C=O)=CC2OC(=O)C(=C)C21. The molecule has 3 atom stereocenters. The molecule has 1 fully saturated rings. The smallest absolute Gasteiger partial charge is 0.336 e. The summed E-state index contributed by atoms with van der Waals surface area (Å²) in [6, 6.07) is 0. The third-order valence-electron chi connectivity index (χ3n) is 4.72. The number of aliphatic hydroxyl groups is 1. The zero-order chi connectivity index (χ0) is 21.6. The molecule has 1 aliphatic carbocycles. The van der Waals surface area contributed by atoms with Gasteiger partial charge >= 0.3 is 17.9 Å². The van der Waals surface area contributed by atoms with Gasteiger partial charge in [-0.1, -0.05) is 19.2 Å². The van der Waals surface area contributed by atoms with Crippen LogP contribution in [0.3, 0.4) is 0 Å². The molecule has 1 aliphatic heterocycles. The van der Waals surface area contributed by atoms with E-state index in [0.29, 0.717) is 30.3 Å². The molecule has 0 aromatic heterocycles. The van der Waals surface area contributed by atoms with E-state index in [9.17, 15) is 19.2 Å². The molecule has 2 aliphatic rings. The Morgan fingerprint density at radius 1 is 1.41 bits per heavy atom. The van der Waals surface area contributed by atoms with Gasteiger partial charge in [-0.25, -0.2) is 9.59 Å². The fourth-order valence-corrected chi connectivity index (χ4v) is 3.20. The zero-order valence-electron chi connectivity index (χ0n) is 16.2. The first kappa shape index (κ1) is 22.3. The van der Waals surface area contributed by atoms with Crippen molar-refractivity contribution in [2.24, 2.45) is 5.92 Å². The summed E-state index contributed by atoms with van der Waals surface area (Å²) in [5, 5.41) is 9.15. The monoisotopic (exact) mass is 404 g/mol. The van der Waals surface area contributed by atoms with Crippen LogP contribution < -0.4 is 0 Å². The number of ether oxygens (including phenoxy) is 3. The highest BCUT2D eigenvalue weighted by Crippen LogP contribution is 2.36. The maximum Gasteiger partial charge on any atom is 0.336 e. The normalized spacial score (nSPS) is 24.4. The van der Waals surface area contributed by atoms with Crippen LogP contribution >= 0.6 is 0 Å². The van der Waals surface area contributed by atoms with Gasteiger partial charge in [-0.05, 0) is 30.1 Å². The molecule has 1 heterocycles. The molecule has 8 nitrogen and oxygen atoms in total. The third kappa shape index (κ3) is 5.74. The molecule has 0 aromatic carbocycles. The van der Waals surface area contributed by atoms with Gasteiger partial charge < -0.3 is 19.3 Å². The van der Waals surface area contributed by atoms with Gasteiger partial charge in [0.2, 0.25) is 0 Å². The molecule has 8 heteroatoms. The van der Waals surface area contributed by atoms with Gasteiger partial charge in [0.25, 0.3) is 0 Å². The second-order valence-corrected chi connectivity index (χ2v) is 6.87. The van der Waals surface area contributed by atoms with Crippen molar-refractivity contribution in [2.45, 2.75) is 38.4 Å². The van der Waals surface area contributed by atoms with E-state index in [1.165, 1.54) is 6.92 Å². The highest BCUT2D eigenvalue weighted by molar-refractivity contribution is 5.92. The Bertz CT molecular complexity index is 789. The lowest BCUT2D eigenvalue weighted by atomic mass is 9.85. The van der Waals surface area contributed by atoms with E-state index in [1.54, 1.807) is 6.08 Å². The highest BCUT2D eigenvalue weighted by Gasteiger charge is 2.44. The van der Waals surface area contributed by atoms with Gasteiger partial charge in [0, 0.05) is 18.9 Å². The topological polar surface area (TPSA) is 116 Å². The number of fused-ring (bicyclic) bond motifs is 1. The van der Waals surface area contributed by atoms with Crippen molar-refractivity contribution in [1.29, 1.82) is 0 Å². The van der Waals surface area contributed by atoms with Crippen molar-refractivity contribution in [3.8, 4) is 0 Å². The molecule has 0 aromatic rings. The maximum absolute atomic E-state index is 12.3. The summed E-state index contributed by atoms with van der Waals surface area (Å²) in [5.41, 5.74) is 1.04. The van der Waals surface area contributed by atoms with Crippen LogP contribution in [0.1, 0.15) is 26.2 Å². The van der Waals surface area contributed by atoms with Gasteiger partial charge in [-0.3, -0.25) is 9.59 Å². The number of rotatable bonds is 6. The highest BCUT2D eigenvalue weighted by atomic mass is 16.6. The molecule has 0 saturated carbocycles. The average Bonchev–Trinajstić information content (AvgIpc) is 2.96. The van der Waals surface area contributed by atoms with E-state index in [2.05, 4.69) is 13.2 Å². The number of aliphatic hydroxyl groups excluding tert-OH is 1. The van der Waals surface area contributed by atoms with Crippen LogP contribution in [0.5, 0.6) is 0 Å². The van der Waals surface area contributed by atoms with E-state index in [0.717, 1.165) is 0 Å². The van der Waals surface area contributed by atoms with Gasteiger partial charge in [0.1, 0.15) is 25.1 Å².